The Bertz CT molecular complexity index is 334. The van der Waals surface area contributed by atoms with E-state index in [1.54, 1.807) is 13.0 Å². The fourth-order valence-electron chi connectivity index (χ4n) is 1.24. The van der Waals surface area contributed by atoms with Crippen molar-refractivity contribution in [3.63, 3.8) is 0 Å². The molecule has 2 N–H and O–H groups in total. The zero-order valence-electron chi connectivity index (χ0n) is 7.76. The first kappa shape index (κ1) is 11.0. The maximum atomic E-state index is 12.9. The smallest absolute Gasteiger partial charge is 0.235 e. The summed E-state index contributed by atoms with van der Waals surface area (Å²) in [7, 11) is 0. The van der Waals surface area contributed by atoms with Gasteiger partial charge >= 0.3 is 0 Å². The standard InChI is InChI=1S/C10H11ClFNO/c1-6-2-7(4-8(12)3-6)5-9(11)10(13)14/h2-4,9H,5H2,1H3,(H2,13,14). The van der Waals surface area contributed by atoms with Crippen molar-refractivity contribution in [2.75, 3.05) is 0 Å². The van der Waals surface area contributed by atoms with Crippen LogP contribution in [-0.2, 0) is 11.2 Å². The second kappa shape index (κ2) is 4.42. The lowest BCUT2D eigenvalue weighted by Gasteiger charge is -2.06. The molecular formula is C10H11ClFNO. The molecule has 1 amide bonds. The lowest BCUT2D eigenvalue weighted by molar-refractivity contribution is -0.117. The fraction of sp³-hybridized carbons (Fsp3) is 0.300. The molecule has 76 valence electrons. The van der Waals surface area contributed by atoms with Gasteiger partial charge in [0.05, 0.1) is 0 Å². The Balaban J connectivity index is 2.81. The van der Waals surface area contributed by atoms with E-state index in [0.717, 1.165) is 5.56 Å². The molecule has 0 saturated heterocycles. The Hall–Kier alpha value is -1.09. The van der Waals surface area contributed by atoms with Gasteiger partial charge in [0.2, 0.25) is 5.91 Å². The zero-order chi connectivity index (χ0) is 10.7. The van der Waals surface area contributed by atoms with Crippen molar-refractivity contribution < 1.29 is 9.18 Å². The van der Waals surface area contributed by atoms with Gasteiger partial charge in [-0.25, -0.2) is 4.39 Å². The molecule has 0 aliphatic carbocycles. The molecule has 2 nitrogen and oxygen atoms in total. The van der Waals surface area contributed by atoms with Crippen molar-refractivity contribution in [2.24, 2.45) is 5.73 Å². The molecule has 0 spiro atoms. The van der Waals surface area contributed by atoms with Gasteiger partial charge in [-0.05, 0) is 36.6 Å². The minimum Gasteiger partial charge on any atom is -0.368 e. The highest BCUT2D eigenvalue weighted by Gasteiger charge is 2.12. The van der Waals surface area contributed by atoms with Gasteiger partial charge in [0.15, 0.2) is 0 Å². The van der Waals surface area contributed by atoms with E-state index in [1.165, 1.54) is 12.1 Å². The van der Waals surface area contributed by atoms with Crippen LogP contribution in [0.15, 0.2) is 18.2 Å². The van der Waals surface area contributed by atoms with Gasteiger partial charge in [-0.15, -0.1) is 11.6 Å². The van der Waals surface area contributed by atoms with Gasteiger partial charge in [-0.2, -0.15) is 0 Å². The topological polar surface area (TPSA) is 43.1 Å². The predicted octanol–water partition coefficient (Wildman–Crippen LogP) is 1.77. The highest BCUT2D eigenvalue weighted by Crippen LogP contribution is 2.12. The van der Waals surface area contributed by atoms with E-state index in [4.69, 9.17) is 17.3 Å². The Morgan fingerprint density at radius 2 is 2.21 bits per heavy atom. The molecule has 0 fully saturated rings. The summed E-state index contributed by atoms with van der Waals surface area (Å²) in [6.45, 7) is 1.78. The first-order chi connectivity index (χ1) is 6.49. The molecule has 0 radical (unpaired) electrons. The molecule has 0 bridgehead atoms. The average Bonchev–Trinajstić information content (AvgIpc) is 2.01. The monoisotopic (exact) mass is 215 g/mol. The summed E-state index contributed by atoms with van der Waals surface area (Å²) in [4.78, 5) is 10.7. The third-order valence-electron chi connectivity index (χ3n) is 1.83. The first-order valence-corrected chi connectivity index (χ1v) is 4.62. The second-order valence-electron chi connectivity index (χ2n) is 3.21. The summed E-state index contributed by atoms with van der Waals surface area (Å²) in [6.07, 6.45) is 0.259. The normalized spacial score (nSPS) is 12.5. The van der Waals surface area contributed by atoms with Crippen LogP contribution in [0.1, 0.15) is 11.1 Å². The van der Waals surface area contributed by atoms with Crippen LogP contribution in [0.4, 0.5) is 4.39 Å². The largest absolute Gasteiger partial charge is 0.368 e. The Labute approximate surface area is 86.9 Å². The summed E-state index contributed by atoms with van der Waals surface area (Å²) in [6, 6.07) is 4.55. The average molecular weight is 216 g/mol. The number of hydrogen-bond acceptors (Lipinski definition) is 1. The number of nitrogens with two attached hydrogens (primary N) is 1. The van der Waals surface area contributed by atoms with E-state index in [2.05, 4.69) is 0 Å². The minimum atomic E-state index is -0.781. The maximum Gasteiger partial charge on any atom is 0.235 e. The van der Waals surface area contributed by atoms with Crippen molar-refractivity contribution in [3.8, 4) is 0 Å². The van der Waals surface area contributed by atoms with Gasteiger partial charge < -0.3 is 5.73 Å². The number of rotatable bonds is 3. The molecule has 14 heavy (non-hydrogen) atoms. The quantitative estimate of drug-likeness (QED) is 0.768. The van der Waals surface area contributed by atoms with Crippen LogP contribution >= 0.6 is 11.6 Å². The number of carbonyl (C=O) groups is 1. The number of alkyl halides is 1. The number of halogens is 2. The molecule has 0 aliphatic heterocycles. The third kappa shape index (κ3) is 3.00. The van der Waals surface area contributed by atoms with Crippen molar-refractivity contribution >= 4 is 17.5 Å². The molecule has 4 heteroatoms. The summed E-state index contributed by atoms with van der Waals surface area (Å²) < 4.78 is 12.9. The second-order valence-corrected chi connectivity index (χ2v) is 3.74. The number of hydrogen-bond donors (Lipinski definition) is 1. The van der Waals surface area contributed by atoms with Crippen LogP contribution in [0, 0.1) is 12.7 Å². The van der Waals surface area contributed by atoms with Crippen LogP contribution in [0.2, 0.25) is 0 Å². The summed E-state index contributed by atoms with van der Waals surface area (Å²) in [5, 5.41) is -0.781. The maximum absolute atomic E-state index is 12.9. The molecule has 1 unspecified atom stereocenters. The van der Waals surface area contributed by atoms with E-state index in [1.807, 2.05) is 0 Å². The van der Waals surface area contributed by atoms with Crippen LogP contribution < -0.4 is 5.73 Å². The molecule has 1 atom stereocenters. The summed E-state index contributed by atoms with van der Waals surface area (Å²) in [5.74, 6) is -0.915. The van der Waals surface area contributed by atoms with Gasteiger partial charge in [-0.3, -0.25) is 4.79 Å². The number of amides is 1. The van der Waals surface area contributed by atoms with E-state index in [9.17, 15) is 9.18 Å². The number of primary amides is 1. The molecule has 1 rings (SSSR count). The van der Waals surface area contributed by atoms with Gasteiger partial charge in [-0.1, -0.05) is 6.07 Å². The van der Waals surface area contributed by atoms with Gasteiger partial charge in [0, 0.05) is 0 Å². The highest BCUT2D eigenvalue weighted by atomic mass is 35.5. The van der Waals surface area contributed by atoms with Gasteiger partial charge in [0.25, 0.3) is 0 Å². The van der Waals surface area contributed by atoms with Crippen LogP contribution in [0.25, 0.3) is 0 Å². The number of aryl methyl sites for hydroxylation is 1. The number of benzene rings is 1. The van der Waals surface area contributed by atoms with Crippen LogP contribution in [0.5, 0.6) is 0 Å². The van der Waals surface area contributed by atoms with E-state index >= 15 is 0 Å². The van der Waals surface area contributed by atoms with Crippen molar-refractivity contribution in [1.29, 1.82) is 0 Å². The minimum absolute atomic E-state index is 0.259. The molecule has 1 aromatic carbocycles. The van der Waals surface area contributed by atoms with E-state index < -0.39 is 11.3 Å². The summed E-state index contributed by atoms with van der Waals surface area (Å²) >= 11 is 5.66. The first-order valence-electron chi connectivity index (χ1n) is 4.18. The van der Waals surface area contributed by atoms with Crippen LogP contribution in [0.3, 0.4) is 0 Å². The molecule has 1 aromatic rings. The molecular weight excluding hydrogens is 205 g/mol. The van der Waals surface area contributed by atoms with Crippen molar-refractivity contribution in [1.82, 2.24) is 0 Å². The number of carbonyl (C=O) groups excluding carboxylic acids is 1. The SMILES string of the molecule is Cc1cc(F)cc(CC(Cl)C(N)=O)c1. The molecule has 0 saturated carbocycles. The van der Waals surface area contributed by atoms with Crippen LogP contribution in [-0.4, -0.2) is 11.3 Å². The molecule has 0 aromatic heterocycles. The highest BCUT2D eigenvalue weighted by molar-refractivity contribution is 6.30. The van der Waals surface area contributed by atoms with Gasteiger partial charge in [0.1, 0.15) is 11.2 Å². The Kier molecular flexibility index (Phi) is 3.47. The molecule has 0 aliphatic rings. The van der Waals surface area contributed by atoms with E-state index in [0.29, 0.717) is 5.56 Å². The Morgan fingerprint density at radius 1 is 1.57 bits per heavy atom. The zero-order valence-corrected chi connectivity index (χ0v) is 8.51. The van der Waals surface area contributed by atoms with Crippen molar-refractivity contribution in [3.05, 3.63) is 35.1 Å². The third-order valence-corrected chi connectivity index (χ3v) is 2.19. The lowest BCUT2D eigenvalue weighted by atomic mass is 10.1. The summed E-state index contributed by atoms with van der Waals surface area (Å²) in [5.41, 5.74) is 6.48. The fourth-order valence-corrected chi connectivity index (χ4v) is 1.42. The van der Waals surface area contributed by atoms with Crippen molar-refractivity contribution in [2.45, 2.75) is 18.7 Å². The molecule has 0 heterocycles. The van der Waals surface area contributed by atoms with E-state index in [-0.39, 0.29) is 12.2 Å². The predicted molar refractivity (Wildman–Crippen MR) is 53.7 cm³/mol. The lowest BCUT2D eigenvalue weighted by Crippen LogP contribution is -2.25. The Morgan fingerprint density at radius 3 is 2.71 bits per heavy atom.